The van der Waals surface area contributed by atoms with Gasteiger partial charge in [-0.1, -0.05) is 20.8 Å². The van der Waals surface area contributed by atoms with Crippen LogP contribution in [0.2, 0.25) is 0 Å². The number of carboxylic acids is 1. The Morgan fingerprint density at radius 1 is 1.16 bits per heavy atom. The second kappa shape index (κ2) is 8.76. The standard InChI is InChI=1S/C17H27N3O5/c1-16(2)6-12(20-11-21)7-17(3,9-16)10-19-15(25)18-8-13(22)4-5-14(23)24/h12H,4-10H2,1-3H3,(H,23,24)(H2,18,19,25). The zero-order valence-corrected chi connectivity index (χ0v) is 15.1. The van der Waals surface area contributed by atoms with E-state index in [0.29, 0.717) is 13.0 Å². The molecule has 3 N–H and O–H groups in total. The normalized spacial score (nSPS) is 24.7. The molecular weight excluding hydrogens is 326 g/mol. The van der Waals surface area contributed by atoms with Gasteiger partial charge in [0.1, 0.15) is 0 Å². The summed E-state index contributed by atoms with van der Waals surface area (Å²) < 4.78 is 0. The van der Waals surface area contributed by atoms with Gasteiger partial charge in [-0.15, -0.1) is 0 Å². The highest BCUT2D eigenvalue weighted by molar-refractivity contribution is 5.87. The van der Waals surface area contributed by atoms with E-state index in [1.165, 1.54) is 0 Å². The predicted molar refractivity (Wildman–Crippen MR) is 90.9 cm³/mol. The molecular formula is C17H27N3O5. The van der Waals surface area contributed by atoms with Gasteiger partial charge in [0, 0.05) is 13.0 Å². The minimum absolute atomic E-state index is 0.00295. The quantitative estimate of drug-likeness (QED) is 0.452. The number of Topliss-reactive ketones (excluding diaryl/α,β-unsaturated/α-hetero) is 1. The van der Waals surface area contributed by atoms with Gasteiger partial charge < -0.3 is 15.7 Å². The number of urea groups is 1. The lowest BCUT2D eigenvalue weighted by atomic mass is 9.63. The van der Waals surface area contributed by atoms with E-state index in [1.807, 2.05) is 6.92 Å². The van der Waals surface area contributed by atoms with E-state index in [4.69, 9.17) is 5.11 Å². The summed E-state index contributed by atoms with van der Waals surface area (Å²) in [7, 11) is 0. The van der Waals surface area contributed by atoms with Crippen LogP contribution in [0.4, 0.5) is 4.79 Å². The molecule has 1 aliphatic rings. The molecule has 25 heavy (non-hydrogen) atoms. The van der Waals surface area contributed by atoms with E-state index in [9.17, 15) is 19.2 Å². The largest absolute Gasteiger partial charge is 0.481 e. The van der Waals surface area contributed by atoms with Gasteiger partial charge in [-0.05, 0) is 30.1 Å². The van der Waals surface area contributed by atoms with E-state index < -0.39 is 12.0 Å². The third-order valence-electron chi connectivity index (χ3n) is 4.40. The number of nitrogens with zero attached hydrogens (tertiary/aromatic N) is 1. The number of carboxylic acid groups (broad SMARTS) is 1. The van der Waals surface area contributed by atoms with Crippen LogP contribution in [0.5, 0.6) is 0 Å². The van der Waals surface area contributed by atoms with Gasteiger partial charge in [0.15, 0.2) is 5.78 Å². The average molecular weight is 353 g/mol. The van der Waals surface area contributed by atoms with Crippen LogP contribution < -0.4 is 10.6 Å². The highest BCUT2D eigenvalue weighted by Crippen LogP contribution is 2.46. The van der Waals surface area contributed by atoms with E-state index >= 15 is 0 Å². The van der Waals surface area contributed by atoms with Gasteiger partial charge in [-0.3, -0.25) is 9.59 Å². The molecule has 0 radical (unpaired) electrons. The topological polar surface area (TPSA) is 125 Å². The van der Waals surface area contributed by atoms with Crippen LogP contribution >= 0.6 is 0 Å². The highest BCUT2D eigenvalue weighted by atomic mass is 16.4. The molecule has 2 unspecified atom stereocenters. The van der Waals surface area contributed by atoms with Crippen molar-refractivity contribution < 1.29 is 24.3 Å². The second-order valence-electron chi connectivity index (χ2n) is 7.90. The molecule has 0 bridgehead atoms. The minimum Gasteiger partial charge on any atom is -0.481 e. The summed E-state index contributed by atoms with van der Waals surface area (Å²) in [5.74, 6) is -1.37. The van der Waals surface area contributed by atoms with Crippen molar-refractivity contribution in [3.05, 3.63) is 0 Å². The van der Waals surface area contributed by atoms with E-state index in [1.54, 1.807) is 6.08 Å². The van der Waals surface area contributed by atoms with Gasteiger partial charge in [0.05, 0.1) is 19.0 Å². The Morgan fingerprint density at radius 3 is 2.44 bits per heavy atom. The molecule has 2 amide bonds. The zero-order valence-electron chi connectivity index (χ0n) is 15.1. The van der Waals surface area contributed by atoms with Gasteiger partial charge in [-0.25, -0.2) is 14.6 Å². The maximum atomic E-state index is 11.9. The number of rotatable bonds is 8. The van der Waals surface area contributed by atoms with Crippen molar-refractivity contribution in [2.45, 2.75) is 58.9 Å². The molecule has 8 heteroatoms. The Balaban J connectivity index is 2.46. The van der Waals surface area contributed by atoms with Crippen LogP contribution in [0.3, 0.4) is 0 Å². The number of amides is 2. The Hall–Kier alpha value is -2.21. The summed E-state index contributed by atoms with van der Waals surface area (Å²) in [6, 6.07) is -0.572. The smallest absolute Gasteiger partial charge is 0.315 e. The van der Waals surface area contributed by atoms with E-state index in [-0.39, 0.29) is 42.0 Å². The number of hydrogen-bond donors (Lipinski definition) is 3. The van der Waals surface area contributed by atoms with Crippen molar-refractivity contribution >= 4 is 23.9 Å². The lowest BCUT2D eigenvalue weighted by Gasteiger charge is -2.45. The molecule has 1 saturated carbocycles. The molecule has 140 valence electrons. The number of ketones is 1. The molecule has 8 nitrogen and oxygen atoms in total. The summed E-state index contributed by atoms with van der Waals surface area (Å²) in [4.78, 5) is 48.2. The van der Waals surface area contributed by atoms with E-state index in [0.717, 1.165) is 12.8 Å². The molecule has 1 aliphatic carbocycles. The summed E-state index contributed by atoms with van der Waals surface area (Å²) >= 11 is 0. The molecule has 0 aromatic carbocycles. The van der Waals surface area contributed by atoms with Gasteiger partial charge in [0.2, 0.25) is 6.08 Å². The Labute approximate surface area is 147 Å². The second-order valence-corrected chi connectivity index (χ2v) is 7.90. The van der Waals surface area contributed by atoms with E-state index in [2.05, 4.69) is 29.5 Å². The van der Waals surface area contributed by atoms with Gasteiger partial charge >= 0.3 is 12.0 Å². The monoisotopic (exact) mass is 353 g/mol. The fraction of sp³-hybridized carbons (Fsp3) is 0.765. The maximum Gasteiger partial charge on any atom is 0.315 e. The average Bonchev–Trinajstić information content (AvgIpc) is 2.47. The van der Waals surface area contributed by atoms with Crippen LogP contribution in [0.15, 0.2) is 4.99 Å². The molecule has 0 aromatic heterocycles. The fourth-order valence-corrected chi connectivity index (χ4v) is 3.75. The van der Waals surface area contributed by atoms with Crippen molar-refractivity contribution in [3.8, 4) is 0 Å². The Kier molecular flexibility index (Phi) is 7.30. The predicted octanol–water partition coefficient (Wildman–Crippen LogP) is 1.64. The Bertz CT molecular complexity index is 569. The Morgan fingerprint density at radius 2 is 1.84 bits per heavy atom. The van der Waals surface area contributed by atoms with Crippen molar-refractivity contribution in [2.75, 3.05) is 13.1 Å². The molecule has 0 aliphatic heterocycles. The summed E-state index contributed by atoms with van der Waals surface area (Å²) in [6.07, 6.45) is 3.65. The molecule has 1 fully saturated rings. The highest BCUT2D eigenvalue weighted by Gasteiger charge is 2.41. The number of isocyanates is 1. The third-order valence-corrected chi connectivity index (χ3v) is 4.40. The molecule has 0 spiro atoms. The lowest BCUT2D eigenvalue weighted by molar-refractivity contribution is -0.138. The molecule has 1 rings (SSSR count). The molecule has 0 aromatic rings. The van der Waals surface area contributed by atoms with Crippen molar-refractivity contribution in [2.24, 2.45) is 15.8 Å². The maximum absolute atomic E-state index is 11.9. The molecule has 0 saturated heterocycles. The lowest BCUT2D eigenvalue weighted by Crippen LogP contribution is -2.47. The van der Waals surface area contributed by atoms with Gasteiger partial charge in [0.25, 0.3) is 0 Å². The SMILES string of the molecule is CC1(C)CC(N=C=O)CC(C)(CNC(=O)NCC(=O)CCC(=O)O)C1. The van der Waals surface area contributed by atoms with Crippen molar-refractivity contribution in [1.29, 1.82) is 0 Å². The number of aliphatic imine (C=N–C) groups is 1. The first-order valence-corrected chi connectivity index (χ1v) is 8.37. The molecule has 0 heterocycles. The number of hydrogen-bond acceptors (Lipinski definition) is 5. The van der Waals surface area contributed by atoms with Crippen molar-refractivity contribution in [1.82, 2.24) is 10.6 Å². The minimum atomic E-state index is -1.04. The van der Waals surface area contributed by atoms with Crippen LogP contribution in [-0.4, -0.2) is 48.1 Å². The summed E-state index contributed by atoms with van der Waals surface area (Å²) in [5, 5.41) is 13.7. The number of nitrogens with one attached hydrogen (secondary N) is 2. The van der Waals surface area contributed by atoms with Crippen molar-refractivity contribution in [3.63, 3.8) is 0 Å². The first-order valence-electron chi connectivity index (χ1n) is 8.37. The third kappa shape index (κ3) is 7.94. The number of aliphatic carboxylic acids is 1. The fourth-order valence-electron chi connectivity index (χ4n) is 3.75. The summed E-state index contributed by atoms with van der Waals surface area (Å²) in [5.41, 5.74) is -0.208. The first kappa shape index (κ1) is 20.8. The van der Waals surface area contributed by atoms with Crippen LogP contribution in [0.1, 0.15) is 52.9 Å². The van der Waals surface area contributed by atoms with Gasteiger partial charge in [-0.2, -0.15) is 0 Å². The molecule has 2 atom stereocenters. The number of carbonyl (C=O) groups excluding carboxylic acids is 3. The summed E-state index contributed by atoms with van der Waals surface area (Å²) in [6.45, 7) is 6.47. The first-order chi connectivity index (χ1) is 11.6. The number of carbonyl (C=O) groups is 3. The zero-order chi connectivity index (χ0) is 19.1. The van der Waals surface area contributed by atoms with Crippen LogP contribution in [0, 0.1) is 10.8 Å². The van der Waals surface area contributed by atoms with Crippen LogP contribution in [0.25, 0.3) is 0 Å². The van der Waals surface area contributed by atoms with Crippen LogP contribution in [-0.2, 0) is 14.4 Å².